The van der Waals surface area contributed by atoms with Gasteiger partial charge in [-0.2, -0.15) is 0 Å². The number of benzene rings is 1. The predicted molar refractivity (Wildman–Crippen MR) is 48.1 cm³/mol. The Balaban J connectivity index is 3.22. The third-order valence-electron chi connectivity index (χ3n) is 1.76. The molecule has 0 heterocycles. The van der Waals surface area contributed by atoms with Gasteiger partial charge in [0.05, 0.1) is 19.4 Å². The van der Waals surface area contributed by atoms with E-state index < -0.39 is 0 Å². The number of methoxy groups -OCH3 is 1. The fourth-order valence-corrected chi connectivity index (χ4v) is 1.14. The molecule has 1 aromatic carbocycles. The topological polar surface area (TPSA) is 55.5 Å². The zero-order valence-electron chi connectivity index (χ0n) is 7.29. The first-order valence-electron chi connectivity index (χ1n) is 3.73. The van der Waals surface area contributed by atoms with Crippen molar-refractivity contribution in [2.24, 2.45) is 0 Å². The van der Waals surface area contributed by atoms with Crippen molar-refractivity contribution in [1.29, 1.82) is 0 Å². The van der Waals surface area contributed by atoms with Crippen molar-refractivity contribution >= 4 is 5.69 Å². The molecule has 0 saturated carbocycles. The van der Waals surface area contributed by atoms with Gasteiger partial charge in [-0.1, -0.05) is 6.07 Å². The molecule has 0 radical (unpaired) electrons. The molecule has 0 atom stereocenters. The molecule has 0 aliphatic rings. The summed E-state index contributed by atoms with van der Waals surface area (Å²) in [6.45, 7) is 1.88. The minimum absolute atomic E-state index is 0.0517. The monoisotopic (exact) mass is 167 g/mol. The zero-order valence-corrected chi connectivity index (χ0v) is 7.29. The van der Waals surface area contributed by atoms with Crippen LogP contribution < -0.4 is 10.5 Å². The number of hydrogen-bond donors (Lipinski definition) is 2. The molecule has 0 fully saturated rings. The van der Waals surface area contributed by atoms with E-state index in [9.17, 15) is 0 Å². The first-order valence-corrected chi connectivity index (χ1v) is 3.73. The summed E-state index contributed by atoms with van der Waals surface area (Å²) in [5.41, 5.74) is 7.95. The molecular weight excluding hydrogens is 154 g/mol. The molecule has 0 aliphatic carbocycles. The lowest BCUT2D eigenvalue weighted by atomic mass is 10.1. The van der Waals surface area contributed by atoms with E-state index in [0.29, 0.717) is 17.0 Å². The van der Waals surface area contributed by atoms with Crippen molar-refractivity contribution < 1.29 is 9.84 Å². The SMILES string of the molecule is COc1cc(C)cc(CO)c1N. The fraction of sp³-hybridized carbons (Fsp3) is 0.333. The van der Waals surface area contributed by atoms with Gasteiger partial charge in [0.15, 0.2) is 0 Å². The Morgan fingerprint density at radius 3 is 2.67 bits per heavy atom. The summed E-state index contributed by atoms with van der Waals surface area (Å²) in [7, 11) is 1.56. The molecule has 0 spiro atoms. The van der Waals surface area contributed by atoms with Crippen molar-refractivity contribution in [3.05, 3.63) is 23.3 Å². The summed E-state index contributed by atoms with van der Waals surface area (Å²) in [6, 6.07) is 3.69. The van der Waals surface area contributed by atoms with Crippen LogP contribution in [0.4, 0.5) is 5.69 Å². The molecule has 12 heavy (non-hydrogen) atoms. The number of aliphatic hydroxyl groups is 1. The molecular formula is C9H13NO2. The average Bonchev–Trinajstić information content (AvgIpc) is 2.08. The van der Waals surface area contributed by atoms with Gasteiger partial charge < -0.3 is 15.6 Å². The Kier molecular flexibility index (Phi) is 2.55. The number of aliphatic hydroxyl groups excluding tert-OH is 1. The van der Waals surface area contributed by atoms with Gasteiger partial charge in [-0.25, -0.2) is 0 Å². The molecule has 66 valence electrons. The van der Waals surface area contributed by atoms with E-state index in [-0.39, 0.29) is 6.61 Å². The van der Waals surface area contributed by atoms with Crippen molar-refractivity contribution in [2.45, 2.75) is 13.5 Å². The lowest BCUT2D eigenvalue weighted by Crippen LogP contribution is -1.98. The lowest BCUT2D eigenvalue weighted by molar-refractivity contribution is 0.282. The number of nitrogens with two attached hydrogens (primary N) is 1. The Morgan fingerprint density at radius 1 is 1.50 bits per heavy atom. The maximum atomic E-state index is 8.93. The smallest absolute Gasteiger partial charge is 0.142 e. The fourth-order valence-electron chi connectivity index (χ4n) is 1.14. The molecule has 0 amide bonds. The number of ether oxygens (including phenoxy) is 1. The molecule has 3 heteroatoms. The van der Waals surface area contributed by atoms with E-state index in [4.69, 9.17) is 15.6 Å². The maximum absolute atomic E-state index is 8.93. The summed E-state index contributed by atoms with van der Waals surface area (Å²) in [5, 5.41) is 8.93. The molecule has 1 aromatic rings. The van der Waals surface area contributed by atoms with Crippen LogP contribution in [0, 0.1) is 6.92 Å². The van der Waals surface area contributed by atoms with Crippen LogP contribution in [0.5, 0.6) is 5.75 Å². The van der Waals surface area contributed by atoms with E-state index in [1.54, 1.807) is 7.11 Å². The molecule has 0 saturated heterocycles. The van der Waals surface area contributed by atoms with Gasteiger partial charge >= 0.3 is 0 Å². The highest BCUT2D eigenvalue weighted by atomic mass is 16.5. The molecule has 0 unspecified atom stereocenters. The van der Waals surface area contributed by atoms with E-state index in [0.717, 1.165) is 5.56 Å². The van der Waals surface area contributed by atoms with E-state index >= 15 is 0 Å². The van der Waals surface area contributed by atoms with Gasteiger partial charge in [-0.3, -0.25) is 0 Å². The average molecular weight is 167 g/mol. The van der Waals surface area contributed by atoms with E-state index in [1.807, 2.05) is 19.1 Å². The van der Waals surface area contributed by atoms with Gasteiger partial charge in [0.25, 0.3) is 0 Å². The van der Waals surface area contributed by atoms with Crippen molar-refractivity contribution in [2.75, 3.05) is 12.8 Å². The van der Waals surface area contributed by atoms with Crippen molar-refractivity contribution in [3.63, 3.8) is 0 Å². The molecule has 0 aliphatic heterocycles. The largest absolute Gasteiger partial charge is 0.495 e. The quantitative estimate of drug-likeness (QED) is 0.648. The molecule has 3 nitrogen and oxygen atoms in total. The maximum Gasteiger partial charge on any atom is 0.142 e. The van der Waals surface area contributed by atoms with Gasteiger partial charge in [0.1, 0.15) is 5.75 Å². The van der Waals surface area contributed by atoms with E-state index in [1.165, 1.54) is 0 Å². The van der Waals surface area contributed by atoms with Crippen LogP contribution in [0.3, 0.4) is 0 Å². The van der Waals surface area contributed by atoms with Crippen LogP contribution in [-0.2, 0) is 6.61 Å². The Morgan fingerprint density at radius 2 is 2.17 bits per heavy atom. The van der Waals surface area contributed by atoms with Crippen LogP contribution in [0.25, 0.3) is 0 Å². The predicted octanol–water partition coefficient (Wildman–Crippen LogP) is 1.08. The first kappa shape index (κ1) is 8.87. The number of aryl methyl sites for hydroxylation is 1. The van der Waals surface area contributed by atoms with Gasteiger partial charge in [-0.15, -0.1) is 0 Å². The summed E-state index contributed by atoms with van der Waals surface area (Å²) >= 11 is 0. The van der Waals surface area contributed by atoms with Crippen LogP contribution in [0.15, 0.2) is 12.1 Å². The summed E-state index contributed by atoms with van der Waals surface area (Å²) in [6.07, 6.45) is 0. The third kappa shape index (κ3) is 1.51. The van der Waals surface area contributed by atoms with Crippen molar-refractivity contribution in [1.82, 2.24) is 0 Å². The number of anilines is 1. The van der Waals surface area contributed by atoms with E-state index in [2.05, 4.69) is 0 Å². The zero-order chi connectivity index (χ0) is 9.14. The highest BCUT2D eigenvalue weighted by Gasteiger charge is 2.05. The first-order chi connectivity index (χ1) is 5.69. The molecule has 3 N–H and O–H groups in total. The van der Waals surface area contributed by atoms with Crippen molar-refractivity contribution in [3.8, 4) is 5.75 Å². The van der Waals surface area contributed by atoms with Gasteiger partial charge in [0.2, 0.25) is 0 Å². The second-order valence-corrected chi connectivity index (χ2v) is 2.70. The summed E-state index contributed by atoms with van der Waals surface area (Å²) in [4.78, 5) is 0. The molecule has 1 rings (SSSR count). The highest BCUT2D eigenvalue weighted by Crippen LogP contribution is 2.26. The number of hydrogen-bond acceptors (Lipinski definition) is 3. The Bertz CT molecular complexity index is 259. The van der Waals surface area contributed by atoms with Gasteiger partial charge in [0, 0.05) is 5.56 Å². The highest BCUT2D eigenvalue weighted by molar-refractivity contribution is 5.59. The summed E-state index contributed by atoms with van der Waals surface area (Å²) in [5.74, 6) is 0.624. The van der Waals surface area contributed by atoms with Crippen LogP contribution in [-0.4, -0.2) is 12.2 Å². The number of rotatable bonds is 2. The molecule has 0 aromatic heterocycles. The van der Waals surface area contributed by atoms with Crippen LogP contribution >= 0.6 is 0 Å². The van der Waals surface area contributed by atoms with Crippen LogP contribution in [0.1, 0.15) is 11.1 Å². The Labute approximate surface area is 71.8 Å². The Hall–Kier alpha value is -1.22. The number of nitrogen functional groups attached to an aromatic ring is 1. The minimum Gasteiger partial charge on any atom is -0.495 e. The standard InChI is InChI=1S/C9H13NO2/c1-6-3-7(5-11)9(10)8(4-6)12-2/h3-4,11H,5,10H2,1-2H3. The minimum atomic E-state index is -0.0517. The normalized spacial score (nSPS) is 9.92. The second-order valence-electron chi connectivity index (χ2n) is 2.70. The second kappa shape index (κ2) is 3.45. The van der Waals surface area contributed by atoms with Crippen LogP contribution in [0.2, 0.25) is 0 Å². The molecule has 0 bridgehead atoms. The third-order valence-corrected chi connectivity index (χ3v) is 1.76. The lowest BCUT2D eigenvalue weighted by Gasteiger charge is -2.09. The van der Waals surface area contributed by atoms with Gasteiger partial charge in [-0.05, 0) is 18.6 Å². The summed E-state index contributed by atoms with van der Waals surface area (Å²) < 4.78 is 5.03.